The molecule has 122 valence electrons. The number of hydrogen-bond donors (Lipinski definition) is 1. The molecule has 1 N–H and O–H groups in total. The Morgan fingerprint density at radius 3 is 2.43 bits per heavy atom. The number of rotatable bonds is 4. The van der Waals surface area contributed by atoms with E-state index in [1.807, 2.05) is 6.07 Å². The van der Waals surface area contributed by atoms with E-state index >= 15 is 0 Å². The van der Waals surface area contributed by atoms with Crippen molar-refractivity contribution in [3.8, 4) is 0 Å². The zero-order valence-corrected chi connectivity index (χ0v) is 13.5. The minimum absolute atomic E-state index is 0.147. The van der Waals surface area contributed by atoms with Crippen LogP contribution < -0.4 is 5.32 Å². The first-order valence-electron chi connectivity index (χ1n) is 7.61. The zero-order chi connectivity index (χ0) is 17.0. The molecule has 0 saturated heterocycles. The highest BCUT2D eigenvalue weighted by Crippen LogP contribution is 2.30. The van der Waals surface area contributed by atoms with Gasteiger partial charge in [-0.1, -0.05) is 37.3 Å². The summed E-state index contributed by atoms with van der Waals surface area (Å²) in [5.41, 5.74) is 1.20. The van der Waals surface area contributed by atoms with Crippen LogP contribution >= 0.6 is 0 Å². The third-order valence-corrected chi connectivity index (χ3v) is 3.55. The Kier molecular flexibility index (Phi) is 5.16. The summed E-state index contributed by atoms with van der Waals surface area (Å²) in [5, 5.41) is 2.64. The molecule has 1 unspecified atom stereocenters. The first-order valence-corrected chi connectivity index (χ1v) is 7.61. The Bertz CT molecular complexity index is 652. The third kappa shape index (κ3) is 3.26. The fourth-order valence-electron chi connectivity index (χ4n) is 2.51. The van der Waals surface area contributed by atoms with Crippen LogP contribution in [0, 0.1) is 0 Å². The van der Waals surface area contributed by atoms with Crippen molar-refractivity contribution >= 4 is 23.6 Å². The maximum absolute atomic E-state index is 12.4. The molecule has 0 aliphatic carbocycles. The molecule has 3 amide bonds. The van der Waals surface area contributed by atoms with E-state index in [2.05, 4.69) is 5.32 Å². The fourth-order valence-corrected chi connectivity index (χ4v) is 2.51. The molecule has 1 aromatic rings. The second kappa shape index (κ2) is 7.09. The summed E-state index contributed by atoms with van der Waals surface area (Å²) in [5.74, 6) is -0.914. The van der Waals surface area contributed by atoms with Crippen LogP contribution in [0.1, 0.15) is 32.8 Å². The summed E-state index contributed by atoms with van der Waals surface area (Å²) < 4.78 is 5.11. The second-order valence-electron chi connectivity index (χ2n) is 5.10. The van der Waals surface area contributed by atoms with Crippen LogP contribution in [-0.4, -0.2) is 35.5 Å². The van der Waals surface area contributed by atoms with Gasteiger partial charge < -0.3 is 10.1 Å². The van der Waals surface area contributed by atoms with Crippen molar-refractivity contribution in [2.24, 2.45) is 0 Å². The van der Waals surface area contributed by atoms with Crippen LogP contribution in [0.2, 0.25) is 0 Å². The number of nitrogens with one attached hydrogen (secondary N) is 1. The molecular weight excluding hydrogens is 296 g/mol. The molecule has 0 radical (unpaired) electrons. The van der Waals surface area contributed by atoms with Gasteiger partial charge >= 0.3 is 12.0 Å². The smallest absolute Gasteiger partial charge is 0.338 e. The average Bonchev–Trinajstić information content (AvgIpc) is 2.54. The quantitative estimate of drug-likeness (QED) is 0.865. The molecule has 1 atom stereocenters. The van der Waals surface area contributed by atoms with Gasteiger partial charge in [0.25, 0.3) is 0 Å². The number of benzene rings is 1. The summed E-state index contributed by atoms with van der Waals surface area (Å²) >= 11 is 0. The van der Waals surface area contributed by atoms with Crippen LogP contribution in [0.15, 0.2) is 35.9 Å². The molecule has 0 spiro atoms. The molecule has 1 aliphatic heterocycles. The number of hydrogen-bond acceptors (Lipinski definition) is 4. The molecule has 1 heterocycles. The molecule has 0 bridgehead atoms. The lowest BCUT2D eigenvalue weighted by molar-refractivity contribution is -0.138. The summed E-state index contributed by atoms with van der Waals surface area (Å²) in [6.07, 6.45) is 0.147. The summed E-state index contributed by atoms with van der Waals surface area (Å²) in [6.45, 7) is 5.29. The van der Waals surface area contributed by atoms with Crippen molar-refractivity contribution in [1.82, 2.24) is 10.2 Å². The minimum Gasteiger partial charge on any atom is -0.463 e. The molecule has 6 nitrogen and oxygen atoms in total. The lowest BCUT2D eigenvalue weighted by Crippen LogP contribution is -2.52. The lowest BCUT2D eigenvalue weighted by Gasteiger charge is -2.33. The number of nitrogens with zero attached hydrogens (tertiary/aromatic N) is 1. The van der Waals surface area contributed by atoms with E-state index in [-0.39, 0.29) is 24.5 Å². The Morgan fingerprint density at radius 2 is 1.87 bits per heavy atom. The lowest BCUT2D eigenvalue weighted by atomic mass is 9.97. The Labute approximate surface area is 135 Å². The third-order valence-electron chi connectivity index (χ3n) is 3.55. The van der Waals surface area contributed by atoms with Crippen LogP contribution in [0.4, 0.5) is 4.79 Å². The molecule has 0 aromatic heterocycles. The van der Waals surface area contributed by atoms with E-state index < -0.39 is 18.0 Å². The van der Waals surface area contributed by atoms with Gasteiger partial charge in [-0.25, -0.2) is 14.5 Å². The van der Waals surface area contributed by atoms with Crippen molar-refractivity contribution in [3.05, 3.63) is 41.5 Å². The molecule has 2 rings (SSSR count). The van der Waals surface area contributed by atoms with Crippen molar-refractivity contribution < 1.29 is 19.1 Å². The summed E-state index contributed by atoms with van der Waals surface area (Å²) in [4.78, 5) is 38.0. The van der Waals surface area contributed by atoms with Gasteiger partial charge in [-0.3, -0.25) is 4.79 Å². The number of amides is 3. The molecule has 6 heteroatoms. The maximum Gasteiger partial charge on any atom is 0.338 e. The van der Waals surface area contributed by atoms with Crippen LogP contribution in [0.3, 0.4) is 0 Å². The minimum atomic E-state index is -0.544. The predicted molar refractivity (Wildman–Crippen MR) is 85.1 cm³/mol. The number of ether oxygens (including phenoxy) is 1. The van der Waals surface area contributed by atoms with Gasteiger partial charge in [0.1, 0.15) is 0 Å². The van der Waals surface area contributed by atoms with E-state index in [0.717, 1.165) is 4.90 Å². The van der Waals surface area contributed by atoms with Crippen molar-refractivity contribution in [2.45, 2.75) is 33.2 Å². The van der Waals surface area contributed by atoms with Gasteiger partial charge in [-0.05, 0) is 19.4 Å². The van der Waals surface area contributed by atoms with Gasteiger partial charge in [-0.15, -0.1) is 0 Å². The van der Waals surface area contributed by atoms with Crippen LogP contribution in [0.5, 0.6) is 0 Å². The van der Waals surface area contributed by atoms with E-state index in [9.17, 15) is 14.4 Å². The topological polar surface area (TPSA) is 75.7 Å². The Morgan fingerprint density at radius 1 is 1.22 bits per heavy atom. The Balaban J connectivity index is 2.69. The van der Waals surface area contributed by atoms with Gasteiger partial charge in [0.2, 0.25) is 5.91 Å². The number of imide groups is 1. The van der Waals surface area contributed by atoms with Gasteiger partial charge in [-0.2, -0.15) is 0 Å². The number of carbonyl (C=O) groups excluding carboxylic acids is 3. The van der Waals surface area contributed by atoms with Crippen molar-refractivity contribution in [3.63, 3.8) is 0 Å². The van der Waals surface area contributed by atoms with Crippen molar-refractivity contribution in [2.75, 3.05) is 6.61 Å². The number of carbonyl (C=O) groups is 3. The average molecular weight is 316 g/mol. The van der Waals surface area contributed by atoms with Crippen molar-refractivity contribution in [1.29, 1.82) is 0 Å². The molecule has 1 aromatic carbocycles. The SMILES string of the molecule is CCOC(=O)C1=C(c2ccccc2)N(C(=O)CC)C(=O)NC1C. The first kappa shape index (κ1) is 16.7. The fraction of sp³-hybridized carbons (Fsp3) is 0.353. The standard InChI is InChI=1S/C17H20N2O4/c1-4-13(20)19-15(12-9-7-6-8-10-12)14(16(21)23-5-2)11(3)18-17(19)22/h6-11H,4-5H2,1-3H3,(H,18,22). The predicted octanol–water partition coefficient (Wildman–Crippen LogP) is 2.31. The summed E-state index contributed by atoms with van der Waals surface area (Å²) in [7, 11) is 0. The van der Waals surface area contributed by atoms with Gasteiger partial charge in [0.05, 0.1) is 23.9 Å². The normalized spacial score (nSPS) is 17.8. The summed E-state index contributed by atoms with van der Waals surface area (Å²) in [6, 6.07) is 7.85. The molecule has 1 aliphatic rings. The van der Waals surface area contributed by atoms with E-state index in [0.29, 0.717) is 11.3 Å². The molecule has 0 saturated carbocycles. The molecule has 0 fully saturated rings. The first-order chi connectivity index (χ1) is 11.0. The van der Waals surface area contributed by atoms with Gasteiger partial charge in [0, 0.05) is 6.42 Å². The zero-order valence-electron chi connectivity index (χ0n) is 13.5. The highest BCUT2D eigenvalue weighted by molar-refractivity contribution is 6.11. The van der Waals surface area contributed by atoms with Gasteiger partial charge in [0.15, 0.2) is 0 Å². The monoisotopic (exact) mass is 316 g/mol. The van der Waals surface area contributed by atoms with E-state index in [1.54, 1.807) is 45.0 Å². The highest BCUT2D eigenvalue weighted by Gasteiger charge is 2.38. The van der Waals surface area contributed by atoms with Crippen LogP contribution in [0.25, 0.3) is 5.70 Å². The number of urea groups is 1. The maximum atomic E-state index is 12.4. The highest BCUT2D eigenvalue weighted by atomic mass is 16.5. The second-order valence-corrected chi connectivity index (χ2v) is 5.10. The van der Waals surface area contributed by atoms with Crippen LogP contribution in [-0.2, 0) is 14.3 Å². The number of esters is 1. The largest absolute Gasteiger partial charge is 0.463 e. The van der Waals surface area contributed by atoms with E-state index in [1.165, 1.54) is 0 Å². The molecular formula is C17H20N2O4. The molecule has 23 heavy (non-hydrogen) atoms. The Hall–Kier alpha value is -2.63. The van der Waals surface area contributed by atoms with E-state index in [4.69, 9.17) is 4.74 Å².